The maximum Gasteiger partial charge on any atom is 0.138 e. The molecule has 0 bridgehead atoms. The molecule has 1 aromatic heterocycles. The van der Waals surface area contributed by atoms with Crippen LogP contribution in [0.4, 0.5) is 0 Å². The first-order valence-electron chi connectivity index (χ1n) is 5.38. The molecule has 0 spiro atoms. The zero-order valence-corrected chi connectivity index (χ0v) is 8.99. The molecule has 2 heterocycles. The van der Waals surface area contributed by atoms with Gasteiger partial charge in [-0.1, -0.05) is 13.0 Å². The van der Waals surface area contributed by atoms with Crippen molar-refractivity contribution in [3.8, 4) is 5.75 Å². The molecule has 1 N–H and O–H groups in total. The van der Waals surface area contributed by atoms with E-state index in [1.807, 2.05) is 6.20 Å². The Bertz CT molecular complexity index is 360. The van der Waals surface area contributed by atoms with Gasteiger partial charge in [0.05, 0.1) is 12.8 Å². The second-order valence-electron chi connectivity index (χ2n) is 3.62. The van der Waals surface area contributed by atoms with Gasteiger partial charge in [-0.25, -0.2) is 0 Å². The summed E-state index contributed by atoms with van der Waals surface area (Å²) in [6, 6.07) is 2.06. The summed E-state index contributed by atoms with van der Waals surface area (Å²) in [6.07, 6.45) is 6.87. The third-order valence-corrected chi connectivity index (χ3v) is 2.37. The summed E-state index contributed by atoms with van der Waals surface area (Å²) < 4.78 is 5.55. The Hall–Kier alpha value is -1.35. The second kappa shape index (κ2) is 4.94. The van der Waals surface area contributed by atoms with Gasteiger partial charge in [0.1, 0.15) is 5.75 Å². The zero-order valence-electron chi connectivity index (χ0n) is 8.99. The summed E-state index contributed by atoms with van der Waals surface area (Å²) in [5, 5.41) is 3.27. The van der Waals surface area contributed by atoms with Crippen molar-refractivity contribution in [1.82, 2.24) is 10.3 Å². The van der Waals surface area contributed by atoms with Crippen molar-refractivity contribution in [1.29, 1.82) is 0 Å². The third kappa shape index (κ3) is 2.57. The topological polar surface area (TPSA) is 34.1 Å². The van der Waals surface area contributed by atoms with E-state index in [9.17, 15) is 0 Å². The molecule has 0 saturated carbocycles. The molecule has 0 radical (unpaired) electrons. The first-order chi connectivity index (χ1) is 7.40. The highest BCUT2D eigenvalue weighted by Crippen LogP contribution is 2.19. The Labute approximate surface area is 90.2 Å². The molecule has 80 valence electrons. The SMILES string of the molecule is CCCOc1cncc(C2=CCNC2)c1. The highest BCUT2D eigenvalue weighted by atomic mass is 16.5. The van der Waals surface area contributed by atoms with Crippen LogP contribution < -0.4 is 10.1 Å². The highest BCUT2D eigenvalue weighted by molar-refractivity contribution is 5.69. The molecule has 15 heavy (non-hydrogen) atoms. The summed E-state index contributed by atoms with van der Waals surface area (Å²) >= 11 is 0. The number of nitrogens with one attached hydrogen (secondary N) is 1. The largest absolute Gasteiger partial charge is 0.492 e. The molecule has 1 aliphatic heterocycles. The van der Waals surface area contributed by atoms with E-state index in [-0.39, 0.29) is 0 Å². The average molecular weight is 204 g/mol. The van der Waals surface area contributed by atoms with Gasteiger partial charge in [-0.2, -0.15) is 0 Å². The standard InChI is InChI=1S/C12H16N2O/c1-2-5-15-12-6-11(8-14-9-12)10-3-4-13-7-10/h3,6,8-9,13H,2,4-5,7H2,1H3. The number of rotatable bonds is 4. The molecular weight excluding hydrogens is 188 g/mol. The van der Waals surface area contributed by atoms with Crippen molar-refractivity contribution in [2.24, 2.45) is 0 Å². The van der Waals surface area contributed by atoms with E-state index in [2.05, 4.69) is 29.4 Å². The molecular formula is C12H16N2O. The van der Waals surface area contributed by atoms with Crippen LogP contribution >= 0.6 is 0 Å². The minimum Gasteiger partial charge on any atom is -0.492 e. The van der Waals surface area contributed by atoms with Gasteiger partial charge in [0.25, 0.3) is 0 Å². The molecule has 0 aromatic carbocycles. The fraction of sp³-hybridized carbons (Fsp3) is 0.417. The van der Waals surface area contributed by atoms with Gasteiger partial charge in [-0.05, 0) is 18.1 Å². The molecule has 0 atom stereocenters. The molecule has 2 rings (SSSR count). The lowest BCUT2D eigenvalue weighted by Gasteiger charge is -2.06. The van der Waals surface area contributed by atoms with Crippen LogP contribution in [0.3, 0.4) is 0 Å². The van der Waals surface area contributed by atoms with E-state index in [0.717, 1.165) is 37.4 Å². The maximum atomic E-state index is 5.55. The van der Waals surface area contributed by atoms with Crippen molar-refractivity contribution >= 4 is 5.57 Å². The number of nitrogens with zero attached hydrogens (tertiary/aromatic N) is 1. The van der Waals surface area contributed by atoms with Crippen LogP contribution in [0.2, 0.25) is 0 Å². The molecule has 3 heteroatoms. The Morgan fingerprint density at radius 2 is 2.40 bits per heavy atom. The van der Waals surface area contributed by atoms with E-state index in [1.54, 1.807) is 6.20 Å². The Morgan fingerprint density at radius 3 is 3.13 bits per heavy atom. The van der Waals surface area contributed by atoms with E-state index in [4.69, 9.17) is 4.74 Å². The summed E-state index contributed by atoms with van der Waals surface area (Å²) in [5.74, 6) is 0.863. The fourth-order valence-electron chi connectivity index (χ4n) is 1.59. The van der Waals surface area contributed by atoms with Gasteiger partial charge < -0.3 is 10.1 Å². The van der Waals surface area contributed by atoms with Gasteiger partial charge in [0.15, 0.2) is 0 Å². The van der Waals surface area contributed by atoms with Crippen LogP contribution in [0.1, 0.15) is 18.9 Å². The van der Waals surface area contributed by atoms with Crippen molar-refractivity contribution in [3.63, 3.8) is 0 Å². The smallest absolute Gasteiger partial charge is 0.138 e. The van der Waals surface area contributed by atoms with Gasteiger partial charge in [0.2, 0.25) is 0 Å². The van der Waals surface area contributed by atoms with Crippen LogP contribution in [0, 0.1) is 0 Å². The lowest BCUT2D eigenvalue weighted by atomic mass is 10.1. The van der Waals surface area contributed by atoms with Gasteiger partial charge in [0, 0.05) is 24.8 Å². The number of pyridine rings is 1. The summed E-state index contributed by atoms with van der Waals surface area (Å²) in [5.41, 5.74) is 2.47. The summed E-state index contributed by atoms with van der Waals surface area (Å²) in [7, 11) is 0. The Balaban J connectivity index is 2.11. The van der Waals surface area contributed by atoms with Gasteiger partial charge >= 0.3 is 0 Å². The lowest BCUT2D eigenvalue weighted by Crippen LogP contribution is -2.07. The van der Waals surface area contributed by atoms with Crippen LogP contribution in [0.15, 0.2) is 24.5 Å². The van der Waals surface area contributed by atoms with Crippen molar-refractivity contribution in [2.75, 3.05) is 19.7 Å². The predicted molar refractivity (Wildman–Crippen MR) is 60.9 cm³/mol. The quantitative estimate of drug-likeness (QED) is 0.812. The average Bonchev–Trinajstić information content (AvgIpc) is 2.80. The molecule has 0 aliphatic carbocycles. The Morgan fingerprint density at radius 1 is 1.47 bits per heavy atom. The van der Waals surface area contributed by atoms with E-state index in [0.29, 0.717) is 0 Å². The van der Waals surface area contributed by atoms with Gasteiger partial charge in [-0.15, -0.1) is 0 Å². The van der Waals surface area contributed by atoms with Crippen molar-refractivity contribution < 1.29 is 4.74 Å². The summed E-state index contributed by atoms with van der Waals surface area (Å²) in [4.78, 5) is 4.19. The number of hydrogen-bond donors (Lipinski definition) is 1. The van der Waals surface area contributed by atoms with Crippen LogP contribution in [0.25, 0.3) is 5.57 Å². The molecule has 1 aromatic rings. The van der Waals surface area contributed by atoms with E-state index >= 15 is 0 Å². The molecule has 0 saturated heterocycles. The maximum absolute atomic E-state index is 5.55. The molecule has 0 amide bonds. The van der Waals surface area contributed by atoms with Crippen LogP contribution in [0.5, 0.6) is 5.75 Å². The Kier molecular flexibility index (Phi) is 3.35. The minimum absolute atomic E-state index is 0.752. The van der Waals surface area contributed by atoms with Gasteiger partial charge in [-0.3, -0.25) is 4.98 Å². The lowest BCUT2D eigenvalue weighted by molar-refractivity contribution is 0.316. The van der Waals surface area contributed by atoms with Crippen LogP contribution in [-0.4, -0.2) is 24.7 Å². The van der Waals surface area contributed by atoms with Crippen molar-refractivity contribution in [3.05, 3.63) is 30.1 Å². The first-order valence-corrected chi connectivity index (χ1v) is 5.38. The van der Waals surface area contributed by atoms with E-state index in [1.165, 1.54) is 5.57 Å². The minimum atomic E-state index is 0.752. The molecule has 3 nitrogen and oxygen atoms in total. The monoisotopic (exact) mass is 204 g/mol. The number of hydrogen-bond acceptors (Lipinski definition) is 3. The molecule has 1 aliphatic rings. The predicted octanol–water partition coefficient (Wildman–Crippen LogP) is 1.86. The zero-order chi connectivity index (χ0) is 10.5. The molecule has 0 unspecified atom stereocenters. The van der Waals surface area contributed by atoms with Crippen LogP contribution in [-0.2, 0) is 0 Å². The summed E-state index contributed by atoms with van der Waals surface area (Å²) in [6.45, 7) is 4.73. The molecule has 0 fully saturated rings. The number of ether oxygens (including phenoxy) is 1. The number of aromatic nitrogens is 1. The third-order valence-electron chi connectivity index (χ3n) is 2.37. The first kappa shape index (κ1) is 10.2. The normalized spacial score (nSPS) is 15.1. The van der Waals surface area contributed by atoms with Crippen molar-refractivity contribution in [2.45, 2.75) is 13.3 Å². The highest BCUT2D eigenvalue weighted by Gasteiger charge is 2.07. The fourth-order valence-corrected chi connectivity index (χ4v) is 1.59. The van der Waals surface area contributed by atoms with E-state index < -0.39 is 0 Å². The second-order valence-corrected chi connectivity index (χ2v) is 3.62.